The van der Waals surface area contributed by atoms with Crippen molar-refractivity contribution >= 4 is 11.4 Å². The molecule has 0 fully saturated rings. The van der Waals surface area contributed by atoms with Crippen molar-refractivity contribution in [3.63, 3.8) is 0 Å². The first-order valence-electron chi connectivity index (χ1n) is 6.07. The predicted molar refractivity (Wildman–Crippen MR) is 71.4 cm³/mol. The Morgan fingerprint density at radius 3 is 2.33 bits per heavy atom. The number of allylic oxidation sites excluding steroid dienone is 2. The molecule has 18 heavy (non-hydrogen) atoms. The van der Waals surface area contributed by atoms with Crippen LogP contribution < -0.4 is 9.47 Å². The van der Waals surface area contributed by atoms with Gasteiger partial charge in [0.05, 0.1) is 13.2 Å². The summed E-state index contributed by atoms with van der Waals surface area (Å²) in [7, 11) is 1.61. The highest BCUT2D eigenvalue weighted by Gasteiger charge is 2.29. The fourth-order valence-electron chi connectivity index (χ4n) is 2.20. The van der Waals surface area contributed by atoms with Crippen LogP contribution in [0.1, 0.15) is 43.6 Å². The van der Waals surface area contributed by atoms with Crippen LogP contribution >= 0.6 is 0 Å². The van der Waals surface area contributed by atoms with E-state index < -0.39 is 0 Å². The number of fused-ring (bicyclic) bond motifs is 1. The van der Waals surface area contributed by atoms with Crippen LogP contribution in [0.5, 0.6) is 11.5 Å². The van der Waals surface area contributed by atoms with Crippen LogP contribution in [0.2, 0.25) is 0 Å². The van der Waals surface area contributed by atoms with E-state index in [4.69, 9.17) is 9.47 Å². The Hall–Kier alpha value is -1.77. The monoisotopic (exact) mass is 246 g/mol. The Balaban J connectivity index is 2.67. The fourth-order valence-corrected chi connectivity index (χ4v) is 2.20. The molecule has 0 spiro atoms. The van der Waals surface area contributed by atoms with Gasteiger partial charge in [0.25, 0.3) is 0 Å². The average Bonchev–Trinajstić information content (AvgIpc) is 2.54. The van der Waals surface area contributed by atoms with E-state index in [1.807, 2.05) is 33.8 Å². The molecule has 0 amide bonds. The van der Waals surface area contributed by atoms with Crippen molar-refractivity contribution < 1.29 is 14.3 Å². The van der Waals surface area contributed by atoms with Gasteiger partial charge < -0.3 is 9.47 Å². The Morgan fingerprint density at radius 2 is 1.78 bits per heavy atom. The lowest BCUT2D eigenvalue weighted by molar-refractivity contribution is 0.103. The summed E-state index contributed by atoms with van der Waals surface area (Å²) in [6.45, 7) is 7.72. The van der Waals surface area contributed by atoms with Crippen molar-refractivity contribution in [2.75, 3.05) is 7.11 Å². The Labute approximate surface area is 107 Å². The maximum atomic E-state index is 12.1. The van der Waals surface area contributed by atoms with E-state index in [2.05, 4.69) is 0 Å². The first-order valence-corrected chi connectivity index (χ1v) is 6.07. The van der Waals surface area contributed by atoms with E-state index in [1.54, 1.807) is 13.2 Å². The van der Waals surface area contributed by atoms with Crippen molar-refractivity contribution in [2.24, 2.45) is 0 Å². The smallest absolute Gasteiger partial charge is 0.189 e. The van der Waals surface area contributed by atoms with Crippen LogP contribution in [0.15, 0.2) is 17.7 Å². The number of ketones is 1. The zero-order valence-electron chi connectivity index (χ0n) is 11.5. The molecule has 0 aliphatic heterocycles. The zero-order chi connectivity index (χ0) is 13.4. The summed E-state index contributed by atoms with van der Waals surface area (Å²) in [4.78, 5) is 12.1. The van der Waals surface area contributed by atoms with Crippen LogP contribution in [0.4, 0.5) is 0 Å². The predicted octanol–water partition coefficient (Wildman–Crippen LogP) is 3.47. The van der Waals surface area contributed by atoms with Gasteiger partial charge in [-0.25, -0.2) is 0 Å². The molecular formula is C15H18O3. The maximum absolute atomic E-state index is 12.1. The van der Waals surface area contributed by atoms with Gasteiger partial charge in [0.15, 0.2) is 17.3 Å². The maximum Gasteiger partial charge on any atom is 0.189 e. The SMILES string of the molecule is COc1ccc2c(c1OC(C)C)C(C)=C(C)C2=O. The van der Waals surface area contributed by atoms with Crippen LogP contribution in [0.3, 0.4) is 0 Å². The summed E-state index contributed by atoms with van der Waals surface area (Å²) in [6.07, 6.45) is 0.0363. The van der Waals surface area contributed by atoms with Crippen molar-refractivity contribution in [2.45, 2.75) is 33.8 Å². The van der Waals surface area contributed by atoms with Gasteiger partial charge in [-0.2, -0.15) is 0 Å². The molecule has 1 aliphatic rings. The molecule has 3 nitrogen and oxygen atoms in total. The van der Waals surface area contributed by atoms with Gasteiger partial charge in [0, 0.05) is 16.7 Å². The largest absolute Gasteiger partial charge is 0.493 e. The van der Waals surface area contributed by atoms with Crippen LogP contribution in [0, 0.1) is 0 Å². The third-order valence-electron chi connectivity index (χ3n) is 3.22. The van der Waals surface area contributed by atoms with Gasteiger partial charge in [-0.05, 0) is 45.4 Å². The first-order chi connectivity index (χ1) is 8.47. The van der Waals surface area contributed by atoms with Crippen LogP contribution in [-0.2, 0) is 0 Å². The van der Waals surface area contributed by atoms with Gasteiger partial charge in [-0.3, -0.25) is 4.79 Å². The lowest BCUT2D eigenvalue weighted by Gasteiger charge is -2.17. The highest BCUT2D eigenvalue weighted by Crippen LogP contribution is 2.44. The summed E-state index contributed by atoms with van der Waals surface area (Å²) in [6, 6.07) is 3.60. The number of ether oxygens (including phenoxy) is 2. The second-order valence-electron chi connectivity index (χ2n) is 4.77. The third-order valence-corrected chi connectivity index (χ3v) is 3.22. The number of benzene rings is 1. The molecule has 0 aromatic heterocycles. The summed E-state index contributed by atoms with van der Waals surface area (Å²) in [5, 5.41) is 0. The topological polar surface area (TPSA) is 35.5 Å². The second kappa shape index (κ2) is 4.48. The molecule has 0 atom stereocenters. The normalized spacial score (nSPS) is 14.2. The highest BCUT2D eigenvalue weighted by atomic mass is 16.5. The van der Waals surface area contributed by atoms with Crippen molar-refractivity contribution in [3.8, 4) is 11.5 Å². The summed E-state index contributed by atoms with van der Waals surface area (Å²) in [5.74, 6) is 1.43. The molecule has 0 heterocycles. The number of Topliss-reactive ketones (excluding diaryl/α,β-unsaturated/α-hetero) is 1. The number of hydrogen-bond donors (Lipinski definition) is 0. The lowest BCUT2D eigenvalue weighted by atomic mass is 10.0. The second-order valence-corrected chi connectivity index (χ2v) is 4.77. The molecule has 2 rings (SSSR count). The molecule has 0 bridgehead atoms. The van der Waals surface area contributed by atoms with Gasteiger partial charge in [-0.15, -0.1) is 0 Å². The Morgan fingerprint density at radius 1 is 1.11 bits per heavy atom. The Kier molecular flexibility index (Phi) is 3.16. The number of carbonyl (C=O) groups is 1. The van der Waals surface area contributed by atoms with Crippen molar-refractivity contribution in [1.82, 2.24) is 0 Å². The quantitative estimate of drug-likeness (QED) is 0.819. The minimum absolute atomic E-state index is 0.0363. The highest BCUT2D eigenvalue weighted by molar-refractivity contribution is 6.21. The minimum Gasteiger partial charge on any atom is -0.493 e. The van der Waals surface area contributed by atoms with Crippen molar-refractivity contribution in [3.05, 3.63) is 28.8 Å². The molecule has 1 aliphatic carbocycles. The van der Waals surface area contributed by atoms with E-state index >= 15 is 0 Å². The van der Waals surface area contributed by atoms with E-state index in [0.717, 1.165) is 16.7 Å². The molecule has 0 unspecified atom stereocenters. The van der Waals surface area contributed by atoms with E-state index in [1.165, 1.54) is 0 Å². The average molecular weight is 246 g/mol. The molecule has 96 valence electrons. The molecule has 0 saturated carbocycles. The van der Waals surface area contributed by atoms with Gasteiger partial charge in [0.2, 0.25) is 0 Å². The van der Waals surface area contributed by atoms with Gasteiger partial charge in [0.1, 0.15) is 0 Å². The molecule has 0 saturated heterocycles. The summed E-state index contributed by atoms with van der Waals surface area (Å²) < 4.78 is 11.2. The van der Waals surface area contributed by atoms with Gasteiger partial charge >= 0.3 is 0 Å². The third kappa shape index (κ3) is 1.80. The molecule has 1 aromatic rings. The fraction of sp³-hybridized carbons (Fsp3) is 0.400. The Bertz CT molecular complexity index is 539. The molecule has 1 aromatic carbocycles. The van der Waals surface area contributed by atoms with Crippen LogP contribution in [-0.4, -0.2) is 19.0 Å². The van der Waals surface area contributed by atoms with E-state index in [-0.39, 0.29) is 11.9 Å². The van der Waals surface area contributed by atoms with E-state index in [0.29, 0.717) is 17.1 Å². The van der Waals surface area contributed by atoms with E-state index in [9.17, 15) is 4.79 Å². The summed E-state index contributed by atoms with van der Waals surface area (Å²) >= 11 is 0. The molecule has 0 radical (unpaired) electrons. The van der Waals surface area contributed by atoms with Gasteiger partial charge in [-0.1, -0.05) is 0 Å². The van der Waals surface area contributed by atoms with Crippen molar-refractivity contribution in [1.29, 1.82) is 0 Å². The number of methoxy groups -OCH3 is 1. The number of carbonyl (C=O) groups excluding carboxylic acids is 1. The molecule has 0 N–H and O–H groups in total. The van der Waals surface area contributed by atoms with Crippen LogP contribution in [0.25, 0.3) is 5.57 Å². The first kappa shape index (κ1) is 12.7. The lowest BCUT2D eigenvalue weighted by Crippen LogP contribution is -2.09. The molecule has 3 heteroatoms. The number of rotatable bonds is 3. The number of hydrogen-bond acceptors (Lipinski definition) is 3. The summed E-state index contributed by atoms with van der Waals surface area (Å²) in [5.41, 5.74) is 3.35. The molecular weight excluding hydrogens is 228 g/mol. The zero-order valence-corrected chi connectivity index (χ0v) is 11.5. The minimum atomic E-state index is 0.0363. The standard InChI is InChI=1S/C15H18O3/c1-8(2)18-15-12(17-5)7-6-11-13(15)9(3)10(4)14(11)16/h6-8H,1-5H3.